The Bertz CT molecular complexity index is 701. The summed E-state index contributed by atoms with van der Waals surface area (Å²) < 4.78 is 42.2. The quantitative estimate of drug-likeness (QED) is 0.538. The van der Waals surface area contributed by atoms with Crippen LogP contribution in [0.25, 0.3) is 0 Å². The van der Waals surface area contributed by atoms with Crippen LogP contribution < -0.4 is 10.6 Å². The molecule has 0 atom stereocenters. The largest absolute Gasteiger partial charge is 0.390 e. The second-order valence-electron chi connectivity index (χ2n) is 6.01. The van der Waals surface area contributed by atoms with Gasteiger partial charge >= 0.3 is 6.18 Å². The molecule has 0 saturated carbocycles. The molecule has 0 aliphatic rings. The van der Waals surface area contributed by atoms with Crippen LogP contribution in [0.4, 0.5) is 13.2 Å². The van der Waals surface area contributed by atoms with Crippen LogP contribution in [0.5, 0.6) is 0 Å². The summed E-state index contributed by atoms with van der Waals surface area (Å²) in [5.74, 6) is 0.342. The van der Waals surface area contributed by atoms with E-state index in [1.165, 1.54) is 7.05 Å². The molecule has 0 bridgehead atoms. The molecule has 7 heteroatoms. The highest BCUT2D eigenvalue weighted by molar-refractivity contribution is 5.79. The van der Waals surface area contributed by atoms with Gasteiger partial charge in [-0.15, -0.1) is 0 Å². The molecule has 0 aromatic heterocycles. The van der Waals surface area contributed by atoms with Crippen LogP contribution in [-0.4, -0.2) is 25.7 Å². The number of ether oxygens (including phenoxy) is 1. The number of alkyl halides is 3. The molecule has 0 unspecified atom stereocenters. The van der Waals surface area contributed by atoms with Crippen LogP contribution in [0, 0.1) is 0 Å². The number of hydrogen-bond acceptors (Lipinski definition) is 2. The van der Waals surface area contributed by atoms with E-state index >= 15 is 0 Å². The molecule has 2 aromatic carbocycles. The molecule has 146 valence electrons. The molecule has 4 nitrogen and oxygen atoms in total. The van der Waals surface area contributed by atoms with Crippen molar-refractivity contribution in [3.05, 3.63) is 71.3 Å². The number of benzene rings is 2. The van der Waals surface area contributed by atoms with E-state index in [4.69, 9.17) is 4.74 Å². The lowest BCUT2D eigenvalue weighted by molar-refractivity contribution is -0.132. The van der Waals surface area contributed by atoms with E-state index in [9.17, 15) is 13.2 Å². The van der Waals surface area contributed by atoms with Crippen molar-refractivity contribution in [1.29, 1.82) is 0 Å². The molecule has 0 spiro atoms. The van der Waals surface area contributed by atoms with Gasteiger partial charge in [-0.3, -0.25) is 4.99 Å². The van der Waals surface area contributed by atoms with E-state index in [0.29, 0.717) is 25.7 Å². The van der Waals surface area contributed by atoms with Crippen LogP contribution in [0.1, 0.15) is 23.1 Å². The number of nitrogens with one attached hydrogen (secondary N) is 2. The average molecular weight is 379 g/mol. The van der Waals surface area contributed by atoms with Crippen molar-refractivity contribution in [2.75, 3.05) is 13.6 Å². The molecule has 2 aromatic rings. The van der Waals surface area contributed by atoms with E-state index in [2.05, 4.69) is 15.6 Å². The zero-order chi connectivity index (χ0) is 19.5. The number of hydrogen-bond donors (Lipinski definition) is 2. The van der Waals surface area contributed by atoms with E-state index in [1.807, 2.05) is 54.6 Å². The summed E-state index contributed by atoms with van der Waals surface area (Å²) in [7, 11) is 1.52. The van der Waals surface area contributed by atoms with Crippen LogP contribution in [0.3, 0.4) is 0 Å². The van der Waals surface area contributed by atoms with E-state index in [0.717, 1.165) is 16.7 Å². The Morgan fingerprint density at radius 3 is 2.07 bits per heavy atom. The summed E-state index contributed by atoms with van der Waals surface area (Å²) in [5.41, 5.74) is 3.19. The minimum Gasteiger partial charge on any atom is -0.372 e. The fraction of sp³-hybridized carbons (Fsp3) is 0.350. The average Bonchev–Trinajstić information content (AvgIpc) is 2.65. The van der Waals surface area contributed by atoms with Crippen molar-refractivity contribution in [2.45, 2.75) is 32.4 Å². The van der Waals surface area contributed by atoms with Crippen molar-refractivity contribution in [3.63, 3.8) is 0 Å². The van der Waals surface area contributed by atoms with Crippen LogP contribution in [0.15, 0.2) is 59.6 Å². The molecule has 0 amide bonds. The Labute approximate surface area is 157 Å². The first-order valence-electron chi connectivity index (χ1n) is 8.67. The second kappa shape index (κ2) is 10.6. The highest BCUT2D eigenvalue weighted by Crippen LogP contribution is 2.18. The fourth-order valence-electron chi connectivity index (χ4n) is 2.34. The molecule has 0 saturated heterocycles. The summed E-state index contributed by atoms with van der Waals surface area (Å²) in [6, 6.07) is 17.8. The Balaban J connectivity index is 1.71. The normalized spacial score (nSPS) is 12.1. The van der Waals surface area contributed by atoms with Gasteiger partial charge in [-0.05, 0) is 16.7 Å². The number of aliphatic imine (C=N–C) groups is 1. The van der Waals surface area contributed by atoms with Crippen molar-refractivity contribution in [3.8, 4) is 0 Å². The summed E-state index contributed by atoms with van der Waals surface area (Å²) in [6.07, 6.45) is -5.07. The summed E-state index contributed by atoms with van der Waals surface area (Å²) in [4.78, 5) is 3.92. The molecule has 0 aliphatic carbocycles. The lowest BCUT2D eigenvalue weighted by Crippen LogP contribution is -2.38. The monoisotopic (exact) mass is 379 g/mol. The highest BCUT2D eigenvalue weighted by Gasteiger charge is 2.26. The van der Waals surface area contributed by atoms with E-state index < -0.39 is 12.6 Å². The van der Waals surface area contributed by atoms with E-state index in [-0.39, 0.29) is 6.54 Å². The zero-order valence-electron chi connectivity index (χ0n) is 15.2. The molecule has 2 rings (SSSR count). The minimum atomic E-state index is -4.18. The second-order valence-corrected chi connectivity index (χ2v) is 6.01. The summed E-state index contributed by atoms with van der Waals surface area (Å²) >= 11 is 0. The zero-order valence-corrected chi connectivity index (χ0v) is 15.2. The molecule has 2 N–H and O–H groups in total. The summed E-state index contributed by atoms with van der Waals surface area (Å²) in [5, 5.41) is 5.65. The van der Waals surface area contributed by atoms with Gasteiger partial charge in [0.05, 0.1) is 19.6 Å². The fourth-order valence-corrected chi connectivity index (χ4v) is 2.34. The van der Waals surface area contributed by atoms with Crippen LogP contribution in [-0.2, 0) is 24.5 Å². The number of rotatable bonds is 8. The van der Waals surface area contributed by atoms with Crippen molar-refractivity contribution < 1.29 is 17.9 Å². The molecule has 0 fully saturated rings. The maximum absolute atomic E-state index is 12.2. The maximum atomic E-state index is 12.2. The van der Waals surface area contributed by atoms with Crippen LogP contribution >= 0.6 is 0 Å². The van der Waals surface area contributed by atoms with Crippen LogP contribution in [0.2, 0.25) is 0 Å². The smallest absolute Gasteiger partial charge is 0.372 e. The standard InChI is InChI=1S/C20H24F3N3O/c1-24-19(25-12-11-20(21,22)23)26-13-16-7-9-18(10-8-16)15-27-14-17-5-3-2-4-6-17/h2-10H,11-15H2,1H3,(H2,24,25,26). The highest BCUT2D eigenvalue weighted by atomic mass is 19.4. The Hall–Kier alpha value is -2.54. The van der Waals surface area contributed by atoms with Crippen molar-refractivity contribution >= 4 is 5.96 Å². The molecule has 0 radical (unpaired) electrons. The molecular formula is C20H24F3N3O. The van der Waals surface area contributed by atoms with Gasteiger partial charge in [0.15, 0.2) is 5.96 Å². The number of nitrogens with zero attached hydrogens (tertiary/aromatic N) is 1. The molecule has 27 heavy (non-hydrogen) atoms. The molecular weight excluding hydrogens is 355 g/mol. The Kier molecular flexibility index (Phi) is 8.13. The predicted octanol–water partition coefficient (Wildman–Crippen LogP) is 4.02. The Morgan fingerprint density at radius 2 is 1.48 bits per heavy atom. The first kappa shape index (κ1) is 20.8. The first-order chi connectivity index (χ1) is 13.0. The number of guanidine groups is 1. The predicted molar refractivity (Wildman–Crippen MR) is 100 cm³/mol. The third-order valence-electron chi connectivity index (χ3n) is 3.79. The third kappa shape index (κ3) is 8.59. The van der Waals surface area contributed by atoms with Gasteiger partial charge < -0.3 is 15.4 Å². The SMILES string of the molecule is CN=C(NCCC(F)(F)F)NCc1ccc(COCc2ccccc2)cc1. The topological polar surface area (TPSA) is 45.7 Å². The van der Waals surface area contributed by atoms with Gasteiger partial charge in [-0.1, -0.05) is 54.6 Å². The minimum absolute atomic E-state index is 0.207. The maximum Gasteiger partial charge on any atom is 0.390 e. The lowest BCUT2D eigenvalue weighted by atomic mass is 10.1. The first-order valence-corrected chi connectivity index (χ1v) is 8.67. The van der Waals surface area contributed by atoms with E-state index in [1.54, 1.807) is 0 Å². The number of halogens is 3. The lowest BCUT2D eigenvalue weighted by Gasteiger charge is -2.13. The van der Waals surface area contributed by atoms with Gasteiger partial charge in [-0.2, -0.15) is 13.2 Å². The Morgan fingerprint density at radius 1 is 0.889 bits per heavy atom. The third-order valence-corrected chi connectivity index (χ3v) is 3.79. The molecule has 0 aliphatic heterocycles. The van der Waals surface area contributed by atoms with Gasteiger partial charge in [-0.25, -0.2) is 0 Å². The molecule has 0 heterocycles. The van der Waals surface area contributed by atoms with Gasteiger partial charge in [0, 0.05) is 20.1 Å². The van der Waals surface area contributed by atoms with Crippen molar-refractivity contribution in [1.82, 2.24) is 10.6 Å². The van der Waals surface area contributed by atoms with Crippen molar-refractivity contribution in [2.24, 2.45) is 4.99 Å². The van der Waals surface area contributed by atoms with Gasteiger partial charge in [0.2, 0.25) is 0 Å². The summed E-state index contributed by atoms with van der Waals surface area (Å²) in [6.45, 7) is 1.34. The van der Waals surface area contributed by atoms with Gasteiger partial charge in [0.25, 0.3) is 0 Å². The van der Waals surface area contributed by atoms with Gasteiger partial charge in [0.1, 0.15) is 0 Å².